The Labute approximate surface area is 200 Å². The van der Waals surface area contributed by atoms with Gasteiger partial charge in [-0.1, -0.05) is 91.0 Å². The molecule has 0 N–H and O–H groups in total. The van der Waals surface area contributed by atoms with E-state index in [4.69, 9.17) is 0 Å². The van der Waals surface area contributed by atoms with Crippen LogP contribution in [0.15, 0.2) is 103 Å². The van der Waals surface area contributed by atoms with Crippen LogP contribution in [-0.2, 0) is 4.79 Å². The van der Waals surface area contributed by atoms with Gasteiger partial charge in [0.25, 0.3) is 5.91 Å². The standard InChI is InChI=1S/C29H26N4O/c34-29(26(24-12-6-2-7-13-24)20-23-10-4-1-5-11-23)33-18-16-32(17-19-33)28-21-27(30-22-31-28)25-14-8-3-9-15-25/h1-15,20-22H,16-19H2/b26-20-. The second-order valence-electron chi connectivity index (χ2n) is 8.24. The molecule has 5 rings (SSSR count). The lowest BCUT2D eigenvalue weighted by molar-refractivity contribution is -0.125. The molecule has 1 aromatic heterocycles. The Morgan fingerprint density at radius 3 is 2.03 bits per heavy atom. The highest BCUT2D eigenvalue weighted by atomic mass is 16.2. The number of hydrogen-bond acceptors (Lipinski definition) is 4. The molecule has 1 fully saturated rings. The van der Waals surface area contributed by atoms with Gasteiger partial charge >= 0.3 is 0 Å². The Hall–Kier alpha value is -4.25. The summed E-state index contributed by atoms with van der Waals surface area (Å²) < 4.78 is 0. The van der Waals surface area contributed by atoms with Crippen molar-refractivity contribution in [3.63, 3.8) is 0 Å². The lowest BCUT2D eigenvalue weighted by atomic mass is 10.0. The lowest BCUT2D eigenvalue weighted by Gasteiger charge is -2.36. The molecule has 0 atom stereocenters. The van der Waals surface area contributed by atoms with E-state index in [0.717, 1.165) is 41.3 Å². The number of hydrogen-bond donors (Lipinski definition) is 0. The molecule has 5 nitrogen and oxygen atoms in total. The van der Waals surface area contributed by atoms with E-state index in [-0.39, 0.29) is 5.91 Å². The van der Waals surface area contributed by atoms with Gasteiger partial charge in [0.05, 0.1) is 5.69 Å². The number of piperazine rings is 1. The zero-order valence-corrected chi connectivity index (χ0v) is 18.9. The minimum Gasteiger partial charge on any atom is -0.353 e. The summed E-state index contributed by atoms with van der Waals surface area (Å²) in [5, 5.41) is 0. The predicted octanol–water partition coefficient (Wildman–Crippen LogP) is 5.03. The van der Waals surface area contributed by atoms with Gasteiger partial charge in [0.15, 0.2) is 0 Å². The fraction of sp³-hybridized carbons (Fsp3) is 0.138. The molecule has 1 saturated heterocycles. The number of carbonyl (C=O) groups is 1. The largest absolute Gasteiger partial charge is 0.353 e. The second kappa shape index (κ2) is 10.1. The molecule has 0 unspecified atom stereocenters. The molecule has 3 aromatic carbocycles. The van der Waals surface area contributed by atoms with Crippen molar-refractivity contribution >= 4 is 23.4 Å². The third-order valence-corrected chi connectivity index (χ3v) is 6.04. The molecular weight excluding hydrogens is 420 g/mol. The average molecular weight is 447 g/mol. The van der Waals surface area contributed by atoms with Crippen molar-refractivity contribution < 1.29 is 4.79 Å². The van der Waals surface area contributed by atoms with Gasteiger partial charge in [-0.15, -0.1) is 0 Å². The van der Waals surface area contributed by atoms with Gasteiger partial charge in [0.2, 0.25) is 0 Å². The van der Waals surface area contributed by atoms with Crippen molar-refractivity contribution in [2.24, 2.45) is 0 Å². The highest BCUT2D eigenvalue weighted by Gasteiger charge is 2.25. The Morgan fingerprint density at radius 1 is 0.735 bits per heavy atom. The minimum atomic E-state index is 0.0577. The molecule has 4 aromatic rings. The van der Waals surface area contributed by atoms with Crippen LogP contribution in [0.25, 0.3) is 22.9 Å². The van der Waals surface area contributed by atoms with E-state index in [0.29, 0.717) is 18.7 Å². The first-order valence-electron chi connectivity index (χ1n) is 11.5. The number of nitrogens with zero attached hydrogens (tertiary/aromatic N) is 4. The normalized spacial score (nSPS) is 14.2. The van der Waals surface area contributed by atoms with Crippen LogP contribution >= 0.6 is 0 Å². The summed E-state index contributed by atoms with van der Waals surface area (Å²) in [6.07, 6.45) is 3.60. The summed E-state index contributed by atoms with van der Waals surface area (Å²) in [6.45, 7) is 2.74. The molecule has 0 bridgehead atoms. The van der Waals surface area contributed by atoms with E-state index < -0.39 is 0 Å². The van der Waals surface area contributed by atoms with E-state index in [2.05, 4.69) is 14.9 Å². The molecule has 1 amide bonds. The summed E-state index contributed by atoms with van der Waals surface area (Å²) in [5.41, 5.74) is 4.64. The number of amides is 1. The van der Waals surface area contributed by atoms with Crippen LogP contribution in [-0.4, -0.2) is 47.0 Å². The summed E-state index contributed by atoms with van der Waals surface area (Å²) in [6, 6.07) is 32.0. The molecule has 168 valence electrons. The van der Waals surface area contributed by atoms with Crippen LogP contribution in [0.3, 0.4) is 0 Å². The van der Waals surface area contributed by atoms with Crippen molar-refractivity contribution in [3.05, 3.63) is 115 Å². The van der Waals surface area contributed by atoms with Crippen LogP contribution in [0.1, 0.15) is 11.1 Å². The molecule has 1 aliphatic rings. The van der Waals surface area contributed by atoms with Crippen LogP contribution in [0.4, 0.5) is 5.82 Å². The molecule has 0 radical (unpaired) electrons. The van der Waals surface area contributed by atoms with E-state index >= 15 is 0 Å². The third-order valence-electron chi connectivity index (χ3n) is 6.04. The molecule has 1 aliphatic heterocycles. The average Bonchev–Trinajstić information content (AvgIpc) is 2.93. The van der Waals surface area contributed by atoms with Gasteiger partial charge in [0, 0.05) is 43.4 Å². The number of benzene rings is 3. The van der Waals surface area contributed by atoms with E-state index in [1.54, 1.807) is 6.33 Å². The van der Waals surface area contributed by atoms with E-state index in [1.807, 2.05) is 108 Å². The molecule has 0 saturated carbocycles. The van der Waals surface area contributed by atoms with Crippen molar-refractivity contribution in [1.29, 1.82) is 0 Å². The maximum Gasteiger partial charge on any atom is 0.254 e. The number of aromatic nitrogens is 2. The van der Waals surface area contributed by atoms with E-state index in [9.17, 15) is 4.79 Å². The lowest BCUT2D eigenvalue weighted by Crippen LogP contribution is -2.49. The molecule has 0 spiro atoms. The highest BCUT2D eigenvalue weighted by Crippen LogP contribution is 2.24. The van der Waals surface area contributed by atoms with Crippen LogP contribution in [0, 0.1) is 0 Å². The Balaban J connectivity index is 1.33. The maximum absolute atomic E-state index is 13.6. The first-order chi connectivity index (χ1) is 16.8. The van der Waals surface area contributed by atoms with Crippen molar-refractivity contribution in [2.75, 3.05) is 31.1 Å². The van der Waals surface area contributed by atoms with Gasteiger partial charge in [0.1, 0.15) is 12.1 Å². The molecule has 5 heteroatoms. The number of anilines is 1. The topological polar surface area (TPSA) is 49.3 Å². The smallest absolute Gasteiger partial charge is 0.254 e. The monoisotopic (exact) mass is 446 g/mol. The third kappa shape index (κ3) is 4.89. The van der Waals surface area contributed by atoms with Gasteiger partial charge < -0.3 is 9.80 Å². The summed E-state index contributed by atoms with van der Waals surface area (Å²) in [7, 11) is 0. The van der Waals surface area contributed by atoms with Crippen molar-refractivity contribution in [2.45, 2.75) is 0 Å². The molecule has 2 heterocycles. The Morgan fingerprint density at radius 2 is 1.35 bits per heavy atom. The minimum absolute atomic E-state index is 0.0577. The zero-order chi connectivity index (χ0) is 23.2. The van der Waals surface area contributed by atoms with Gasteiger partial charge in [-0.2, -0.15) is 0 Å². The van der Waals surface area contributed by atoms with Crippen molar-refractivity contribution in [1.82, 2.24) is 14.9 Å². The molecular formula is C29H26N4O. The summed E-state index contributed by atoms with van der Waals surface area (Å²) >= 11 is 0. The first kappa shape index (κ1) is 21.6. The first-order valence-corrected chi connectivity index (χ1v) is 11.5. The van der Waals surface area contributed by atoms with Crippen LogP contribution in [0.2, 0.25) is 0 Å². The molecule has 0 aliphatic carbocycles. The van der Waals surface area contributed by atoms with Crippen LogP contribution in [0.5, 0.6) is 0 Å². The fourth-order valence-electron chi connectivity index (χ4n) is 4.20. The fourth-order valence-corrected chi connectivity index (χ4v) is 4.20. The summed E-state index contributed by atoms with van der Waals surface area (Å²) in [5.74, 6) is 0.950. The molecule has 34 heavy (non-hydrogen) atoms. The Bertz CT molecular complexity index is 1270. The Kier molecular flexibility index (Phi) is 6.43. The van der Waals surface area contributed by atoms with Gasteiger partial charge in [-0.25, -0.2) is 9.97 Å². The van der Waals surface area contributed by atoms with Gasteiger partial charge in [-0.05, 0) is 17.2 Å². The number of carbonyl (C=O) groups excluding carboxylic acids is 1. The van der Waals surface area contributed by atoms with Gasteiger partial charge in [-0.3, -0.25) is 4.79 Å². The number of rotatable bonds is 5. The SMILES string of the molecule is O=C(/C(=C\c1ccccc1)c1ccccc1)N1CCN(c2cc(-c3ccccc3)ncn2)CC1. The van der Waals surface area contributed by atoms with E-state index in [1.165, 1.54) is 0 Å². The quantitative estimate of drug-likeness (QED) is 0.319. The zero-order valence-electron chi connectivity index (χ0n) is 18.9. The van der Waals surface area contributed by atoms with Crippen molar-refractivity contribution in [3.8, 4) is 11.3 Å². The second-order valence-corrected chi connectivity index (χ2v) is 8.24. The predicted molar refractivity (Wildman–Crippen MR) is 137 cm³/mol. The highest BCUT2D eigenvalue weighted by molar-refractivity contribution is 6.24. The maximum atomic E-state index is 13.6. The summed E-state index contributed by atoms with van der Waals surface area (Å²) in [4.78, 5) is 26.7. The van der Waals surface area contributed by atoms with Crippen LogP contribution < -0.4 is 4.90 Å².